The summed E-state index contributed by atoms with van der Waals surface area (Å²) >= 11 is 0. The highest BCUT2D eigenvalue weighted by Crippen LogP contribution is 2.67. The summed E-state index contributed by atoms with van der Waals surface area (Å²) < 4.78 is 0. The van der Waals surface area contributed by atoms with Gasteiger partial charge in [0.2, 0.25) is 5.91 Å². The first-order valence-electron chi connectivity index (χ1n) is 6.91. The van der Waals surface area contributed by atoms with E-state index >= 15 is 0 Å². The Morgan fingerprint density at radius 1 is 1.39 bits per heavy atom. The summed E-state index contributed by atoms with van der Waals surface area (Å²) in [5.74, 6) is 0.833. The van der Waals surface area contributed by atoms with Crippen LogP contribution in [0.4, 0.5) is 0 Å². The first-order chi connectivity index (χ1) is 8.64. The van der Waals surface area contributed by atoms with Crippen LogP contribution >= 0.6 is 0 Å². The number of hydrogen-bond acceptors (Lipinski definition) is 2. The van der Waals surface area contributed by atoms with Gasteiger partial charge in [0.25, 0.3) is 0 Å². The van der Waals surface area contributed by atoms with Crippen LogP contribution in [0.25, 0.3) is 0 Å². The quantitative estimate of drug-likeness (QED) is 0.654. The normalized spacial score (nSPS) is 36.9. The van der Waals surface area contributed by atoms with Crippen LogP contribution in [0.5, 0.6) is 0 Å². The van der Waals surface area contributed by atoms with Crippen molar-refractivity contribution in [2.24, 2.45) is 11.3 Å². The zero-order valence-electron chi connectivity index (χ0n) is 10.7. The molecule has 3 heteroatoms. The third kappa shape index (κ3) is 1.06. The number of hydrogen-bond donors (Lipinski definition) is 0. The Balaban J connectivity index is 1.85. The average molecular weight is 243 g/mol. The van der Waals surface area contributed by atoms with Gasteiger partial charge in [0.05, 0.1) is 5.41 Å². The van der Waals surface area contributed by atoms with E-state index < -0.39 is 0 Å². The summed E-state index contributed by atoms with van der Waals surface area (Å²) in [6, 6.07) is 0. The second-order valence-electron chi connectivity index (χ2n) is 6.07. The van der Waals surface area contributed by atoms with Gasteiger partial charge >= 0.3 is 0 Å². The monoisotopic (exact) mass is 243 g/mol. The highest BCUT2D eigenvalue weighted by molar-refractivity contribution is 6.08. The smallest absolute Gasteiger partial charge is 0.223 e. The number of carbonyl (C=O) groups excluding carboxylic acids is 2. The second kappa shape index (κ2) is 3.14. The molecule has 0 aromatic rings. The van der Waals surface area contributed by atoms with Crippen molar-refractivity contribution >= 4 is 11.7 Å². The van der Waals surface area contributed by atoms with Crippen LogP contribution in [0.3, 0.4) is 0 Å². The number of nitrogens with zero attached hydrogens (tertiary/aromatic N) is 1. The van der Waals surface area contributed by atoms with E-state index in [-0.39, 0.29) is 11.3 Å². The van der Waals surface area contributed by atoms with Crippen molar-refractivity contribution in [3.8, 4) is 0 Å². The third-order valence-corrected chi connectivity index (χ3v) is 5.14. The molecule has 2 fully saturated rings. The molecule has 0 aromatic heterocycles. The number of piperidine rings is 1. The summed E-state index contributed by atoms with van der Waals surface area (Å²) in [5.41, 5.74) is 3.04. The van der Waals surface area contributed by atoms with Crippen LogP contribution in [0.15, 0.2) is 22.9 Å². The molecule has 0 radical (unpaired) electrons. The SMILES string of the molecule is CC(=O)N1CC2CC23C(=O)C2=C(C=C13)CCCC2. The Morgan fingerprint density at radius 3 is 2.94 bits per heavy atom. The molecule has 1 saturated carbocycles. The van der Waals surface area contributed by atoms with Gasteiger partial charge in [-0.05, 0) is 55.2 Å². The summed E-state index contributed by atoms with van der Waals surface area (Å²) in [6.45, 7) is 2.36. The van der Waals surface area contributed by atoms with Crippen molar-refractivity contribution in [1.29, 1.82) is 0 Å². The molecule has 4 rings (SSSR count). The van der Waals surface area contributed by atoms with E-state index in [0.717, 1.165) is 43.5 Å². The minimum absolute atomic E-state index is 0.0838. The number of ketones is 1. The van der Waals surface area contributed by atoms with Crippen LogP contribution in [0.2, 0.25) is 0 Å². The Labute approximate surface area is 107 Å². The third-order valence-electron chi connectivity index (χ3n) is 5.14. The predicted molar refractivity (Wildman–Crippen MR) is 66.5 cm³/mol. The van der Waals surface area contributed by atoms with Crippen molar-refractivity contribution < 1.29 is 9.59 Å². The summed E-state index contributed by atoms with van der Waals surface area (Å²) in [6.07, 6.45) is 7.42. The molecule has 2 unspecified atom stereocenters. The lowest BCUT2D eigenvalue weighted by Crippen LogP contribution is -2.33. The molecule has 3 aliphatic carbocycles. The van der Waals surface area contributed by atoms with Crippen LogP contribution in [0.1, 0.15) is 39.0 Å². The van der Waals surface area contributed by atoms with E-state index in [1.54, 1.807) is 6.92 Å². The topological polar surface area (TPSA) is 37.4 Å². The molecule has 0 N–H and O–H groups in total. The van der Waals surface area contributed by atoms with Gasteiger partial charge in [-0.2, -0.15) is 0 Å². The summed E-state index contributed by atoms with van der Waals surface area (Å²) in [4.78, 5) is 26.3. The average Bonchev–Trinajstić information content (AvgIpc) is 2.99. The second-order valence-corrected chi connectivity index (χ2v) is 6.07. The van der Waals surface area contributed by atoms with Crippen LogP contribution in [0, 0.1) is 11.3 Å². The van der Waals surface area contributed by atoms with E-state index in [9.17, 15) is 9.59 Å². The van der Waals surface area contributed by atoms with Crippen LogP contribution < -0.4 is 0 Å². The van der Waals surface area contributed by atoms with Gasteiger partial charge in [0.1, 0.15) is 0 Å². The maximum atomic E-state index is 12.7. The van der Waals surface area contributed by atoms with Crippen LogP contribution in [-0.4, -0.2) is 23.1 Å². The first kappa shape index (κ1) is 10.5. The van der Waals surface area contributed by atoms with Gasteiger partial charge in [-0.1, -0.05) is 0 Å². The van der Waals surface area contributed by atoms with Gasteiger partial charge in [-0.15, -0.1) is 0 Å². The molecule has 3 nitrogen and oxygen atoms in total. The Bertz CT molecular complexity index is 543. The van der Waals surface area contributed by atoms with E-state index in [1.807, 2.05) is 4.90 Å². The predicted octanol–water partition coefficient (Wildman–Crippen LogP) is 2.19. The maximum Gasteiger partial charge on any atom is 0.223 e. The molecule has 0 aromatic carbocycles. The lowest BCUT2D eigenvalue weighted by atomic mass is 9.77. The lowest BCUT2D eigenvalue weighted by Gasteiger charge is -2.31. The molecule has 1 saturated heterocycles. The van der Waals surface area contributed by atoms with Crippen molar-refractivity contribution in [1.82, 2.24) is 4.90 Å². The number of likely N-dealkylation sites (tertiary alicyclic amines) is 1. The molecule has 94 valence electrons. The summed E-state index contributed by atoms with van der Waals surface area (Å²) in [5, 5.41) is 0. The number of Topliss-reactive ketones (excluding diaryl/α,β-unsaturated/α-hetero) is 1. The van der Waals surface area contributed by atoms with Crippen molar-refractivity contribution in [2.45, 2.75) is 39.0 Å². The Morgan fingerprint density at radius 2 is 2.17 bits per heavy atom. The standard InChI is InChI=1S/C15H17NO2/c1-9(17)16-8-11-7-15(11)13(16)6-10-4-2-3-5-12(10)14(15)18/h6,11H,2-5,7-8H2,1H3. The fourth-order valence-corrected chi connectivity index (χ4v) is 4.10. The first-order valence-corrected chi connectivity index (χ1v) is 6.91. The summed E-state index contributed by atoms with van der Waals surface area (Å²) in [7, 11) is 0. The molecular weight excluding hydrogens is 226 g/mol. The Hall–Kier alpha value is -1.38. The zero-order valence-corrected chi connectivity index (χ0v) is 10.7. The van der Waals surface area contributed by atoms with Gasteiger partial charge in [0.15, 0.2) is 5.78 Å². The highest BCUT2D eigenvalue weighted by Gasteiger charge is 2.69. The molecule has 2 atom stereocenters. The minimum Gasteiger partial charge on any atom is -0.315 e. The number of carbonyl (C=O) groups is 2. The van der Waals surface area contributed by atoms with Crippen molar-refractivity contribution in [3.63, 3.8) is 0 Å². The van der Waals surface area contributed by atoms with Crippen LogP contribution in [-0.2, 0) is 9.59 Å². The number of amides is 1. The molecule has 1 amide bonds. The molecule has 1 heterocycles. The highest BCUT2D eigenvalue weighted by atomic mass is 16.2. The largest absolute Gasteiger partial charge is 0.315 e. The molecular formula is C15H17NO2. The van der Waals surface area contributed by atoms with E-state index in [4.69, 9.17) is 0 Å². The van der Waals surface area contributed by atoms with Gasteiger partial charge in [0, 0.05) is 19.2 Å². The molecule has 1 spiro atoms. The fraction of sp³-hybridized carbons (Fsp3) is 0.600. The van der Waals surface area contributed by atoms with Gasteiger partial charge < -0.3 is 4.90 Å². The molecule has 4 aliphatic rings. The molecule has 18 heavy (non-hydrogen) atoms. The van der Waals surface area contributed by atoms with E-state index in [2.05, 4.69) is 6.08 Å². The van der Waals surface area contributed by atoms with Gasteiger partial charge in [-0.3, -0.25) is 9.59 Å². The fourth-order valence-electron chi connectivity index (χ4n) is 4.10. The number of allylic oxidation sites excluding steroid dienone is 4. The van der Waals surface area contributed by atoms with E-state index in [1.165, 1.54) is 12.0 Å². The molecule has 1 aliphatic heterocycles. The lowest BCUT2D eigenvalue weighted by molar-refractivity contribution is -0.127. The van der Waals surface area contributed by atoms with Crippen molar-refractivity contribution in [2.75, 3.05) is 6.54 Å². The van der Waals surface area contributed by atoms with E-state index in [0.29, 0.717) is 11.7 Å². The minimum atomic E-state index is -0.276. The van der Waals surface area contributed by atoms with Gasteiger partial charge in [-0.25, -0.2) is 0 Å². The number of rotatable bonds is 0. The zero-order chi connectivity index (χ0) is 12.5. The Kier molecular flexibility index (Phi) is 1.84. The van der Waals surface area contributed by atoms with Crippen molar-refractivity contribution in [3.05, 3.63) is 22.9 Å². The maximum absolute atomic E-state index is 12.7. The molecule has 0 bridgehead atoms.